The normalized spacial score (nSPS) is 14.9. The minimum atomic E-state index is -3.59. The number of hydrogen-bond acceptors (Lipinski definition) is 5. The second kappa shape index (κ2) is 6.97. The number of nitrogens with one attached hydrogen (secondary N) is 2. The lowest BCUT2D eigenvalue weighted by Gasteiger charge is -2.11. The van der Waals surface area contributed by atoms with Crippen molar-refractivity contribution in [3.8, 4) is 0 Å². The van der Waals surface area contributed by atoms with Crippen LogP contribution >= 0.6 is 0 Å². The van der Waals surface area contributed by atoms with Gasteiger partial charge in [0.15, 0.2) is 0 Å². The Morgan fingerprint density at radius 2 is 2.16 bits per heavy atom. The SMILES string of the molecule is CCNc1cc(S(=O)(=O)NCC(C)S(C)=O)ccn1. The summed E-state index contributed by atoms with van der Waals surface area (Å²) in [6.07, 6.45) is 2.99. The molecule has 0 aliphatic rings. The van der Waals surface area contributed by atoms with Crippen LogP contribution in [0.3, 0.4) is 0 Å². The number of sulfonamides is 1. The number of pyridine rings is 1. The smallest absolute Gasteiger partial charge is 0.240 e. The molecule has 8 heteroatoms. The van der Waals surface area contributed by atoms with Gasteiger partial charge in [0.25, 0.3) is 0 Å². The first-order chi connectivity index (χ1) is 8.86. The Morgan fingerprint density at radius 3 is 2.74 bits per heavy atom. The Labute approximate surface area is 116 Å². The molecule has 1 rings (SSSR count). The molecule has 0 saturated heterocycles. The molecular formula is C11H19N3O3S2. The van der Waals surface area contributed by atoms with E-state index in [-0.39, 0.29) is 16.7 Å². The fraction of sp³-hybridized carbons (Fsp3) is 0.545. The van der Waals surface area contributed by atoms with E-state index in [0.717, 1.165) is 0 Å². The van der Waals surface area contributed by atoms with Gasteiger partial charge >= 0.3 is 0 Å². The third-order valence-electron chi connectivity index (χ3n) is 2.53. The third kappa shape index (κ3) is 4.88. The van der Waals surface area contributed by atoms with E-state index in [9.17, 15) is 12.6 Å². The zero-order chi connectivity index (χ0) is 14.5. The lowest BCUT2D eigenvalue weighted by molar-refractivity contribution is 0.580. The molecule has 0 bridgehead atoms. The van der Waals surface area contributed by atoms with Gasteiger partial charge in [-0.05, 0) is 19.9 Å². The van der Waals surface area contributed by atoms with E-state index in [2.05, 4.69) is 15.0 Å². The number of rotatable bonds is 7. The highest BCUT2D eigenvalue weighted by Crippen LogP contribution is 2.12. The minimum absolute atomic E-state index is 0.143. The summed E-state index contributed by atoms with van der Waals surface area (Å²) < 4.78 is 37.7. The Kier molecular flexibility index (Phi) is 5.89. The number of aromatic nitrogens is 1. The van der Waals surface area contributed by atoms with Crippen LogP contribution in [0.15, 0.2) is 23.2 Å². The summed E-state index contributed by atoms with van der Waals surface area (Å²) in [5.41, 5.74) is 0. The van der Waals surface area contributed by atoms with Crippen LogP contribution in [0.1, 0.15) is 13.8 Å². The maximum Gasteiger partial charge on any atom is 0.240 e. The maximum absolute atomic E-state index is 12.1. The molecule has 1 heterocycles. The third-order valence-corrected chi connectivity index (χ3v) is 5.25. The van der Waals surface area contributed by atoms with Crippen molar-refractivity contribution < 1.29 is 12.6 Å². The van der Waals surface area contributed by atoms with Crippen molar-refractivity contribution in [2.45, 2.75) is 24.0 Å². The van der Waals surface area contributed by atoms with Crippen LogP contribution in [0, 0.1) is 0 Å². The Balaban J connectivity index is 2.82. The van der Waals surface area contributed by atoms with E-state index >= 15 is 0 Å². The lowest BCUT2D eigenvalue weighted by atomic mass is 10.4. The van der Waals surface area contributed by atoms with Crippen molar-refractivity contribution in [2.75, 3.05) is 24.7 Å². The van der Waals surface area contributed by atoms with Gasteiger partial charge in [-0.2, -0.15) is 0 Å². The maximum atomic E-state index is 12.1. The van der Waals surface area contributed by atoms with Crippen LogP contribution in [0.2, 0.25) is 0 Å². The van der Waals surface area contributed by atoms with E-state index in [1.54, 1.807) is 13.2 Å². The fourth-order valence-corrected chi connectivity index (χ4v) is 2.85. The van der Waals surface area contributed by atoms with Gasteiger partial charge in [0.05, 0.1) is 4.90 Å². The Hall–Kier alpha value is -0.990. The second-order valence-electron chi connectivity index (χ2n) is 4.07. The van der Waals surface area contributed by atoms with Crippen LogP contribution in [-0.2, 0) is 20.8 Å². The molecule has 0 amide bonds. The summed E-state index contributed by atoms with van der Waals surface area (Å²) in [5, 5.41) is 2.72. The average molecular weight is 305 g/mol. The van der Waals surface area contributed by atoms with E-state index in [1.165, 1.54) is 18.3 Å². The van der Waals surface area contributed by atoms with Crippen molar-refractivity contribution in [3.63, 3.8) is 0 Å². The molecule has 0 radical (unpaired) electrons. The van der Waals surface area contributed by atoms with E-state index in [0.29, 0.717) is 12.4 Å². The van der Waals surface area contributed by atoms with Crippen LogP contribution in [0.25, 0.3) is 0 Å². The van der Waals surface area contributed by atoms with Gasteiger partial charge < -0.3 is 5.32 Å². The number of nitrogens with zero attached hydrogens (tertiary/aromatic N) is 1. The van der Waals surface area contributed by atoms with Crippen molar-refractivity contribution in [1.82, 2.24) is 9.71 Å². The van der Waals surface area contributed by atoms with Crippen molar-refractivity contribution in [3.05, 3.63) is 18.3 Å². The highest BCUT2D eigenvalue weighted by Gasteiger charge is 2.17. The quantitative estimate of drug-likeness (QED) is 0.768. The summed E-state index contributed by atoms with van der Waals surface area (Å²) >= 11 is 0. The number of hydrogen-bond donors (Lipinski definition) is 2. The average Bonchev–Trinajstić information content (AvgIpc) is 2.36. The van der Waals surface area contributed by atoms with Crippen molar-refractivity contribution in [1.29, 1.82) is 0 Å². The summed E-state index contributed by atoms with van der Waals surface area (Å²) in [6, 6.07) is 2.90. The molecule has 2 N–H and O–H groups in total. The molecule has 0 spiro atoms. The molecule has 1 aromatic heterocycles. The summed E-state index contributed by atoms with van der Waals surface area (Å²) in [4.78, 5) is 4.16. The predicted octanol–water partition coefficient (Wildman–Crippen LogP) is 0.559. The highest BCUT2D eigenvalue weighted by molar-refractivity contribution is 7.89. The molecule has 0 aromatic carbocycles. The highest BCUT2D eigenvalue weighted by atomic mass is 32.2. The topological polar surface area (TPSA) is 88.2 Å². The number of anilines is 1. The molecule has 0 aliphatic heterocycles. The zero-order valence-electron chi connectivity index (χ0n) is 11.2. The molecule has 0 aliphatic carbocycles. The van der Waals surface area contributed by atoms with Crippen molar-refractivity contribution >= 4 is 26.6 Å². The van der Waals surface area contributed by atoms with E-state index in [4.69, 9.17) is 0 Å². The fourth-order valence-electron chi connectivity index (χ4n) is 1.28. The predicted molar refractivity (Wildman–Crippen MR) is 77.1 cm³/mol. The first kappa shape index (κ1) is 16.1. The van der Waals surface area contributed by atoms with E-state index < -0.39 is 20.8 Å². The second-order valence-corrected chi connectivity index (χ2v) is 7.64. The molecule has 2 unspecified atom stereocenters. The van der Waals surface area contributed by atoms with Gasteiger partial charge in [-0.15, -0.1) is 0 Å². The molecule has 19 heavy (non-hydrogen) atoms. The largest absolute Gasteiger partial charge is 0.370 e. The lowest BCUT2D eigenvalue weighted by Crippen LogP contribution is -2.32. The van der Waals surface area contributed by atoms with Crippen LogP contribution in [0.4, 0.5) is 5.82 Å². The molecule has 0 fully saturated rings. The zero-order valence-corrected chi connectivity index (χ0v) is 12.8. The van der Waals surface area contributed by atoms with Gasteiger partial charge in [0.1, 0.15) is 5.82 Å². The van der Waals surface area contributed by atoms with Gasteiger partial charge in [0.2, 0.25) is 10.0 Å². The van der Waals surface area contributed by atoms with Crippen LogP contribution in [0.5, 0.6) is 0 Å². The van der Waals surface area contributed by atoms with Crippen molar-refractivity contribution in [2.24, 2.45) is 0 Å². The molecule has 6 nitrogen and oxygen atoms in total. The van der Waals surface area contributed by atoms with E-state index in [1.807, 2.05) is 6.92 Å². The first-order valence-electron chi connectivity index (χ1n) is 5.88. The summed E-state index contributed by atoms with van der Waals surface area (Å²) in [5.74, 6) is 0.512. The molecule has 0 saturated carbocycles. The van der Waals surface area contributed by atoms with Gasteiger partial charge in [-0.25, -0.2) is 18.1 Å². The van der Waals surface area contributed by atoms with Crippen LogP contribution in [-0.4, -0.2) is 42.2 Å². The monoisotopic (exact) mass is 305 g/mol. The summed E-state index contributed by atoms with van der Waals surface area (Å²) in [6.45, 7) is 4.44. The Bertz CT molecular complexity index is 546. The minimum Gasteiger partial charge on any atom is -0.370 e. The van der Waals surface area contributed by atoms with Gasteiger partial charge in [-0.3, -0.25) is 4.21 Å². The summed E-state index contributed by atoms with van der Waals surface area (Å²) in [7, 11) is -4.65. The first-order valence-corrected chi connectivity index (χ1v) is 8.99. The van der Waals surface area contributed by atoms with Crippen LogP contribution < -0.4 is 10.0 Å². The van der Waals surface area contributed by atoms with Gasteiger partial charge in [-0.1, -0.05) is 0 Å². The molecular weight excluding hydrogens is 286 g/mol. The molecule has 108 valence electrons. The Morgan fingerprint density at radius 1 is 1.47 bits per heavy atom. The van der Waals surface area contributed by atoms with Gasteiger partial charge in [0, 0.05) is 47.7 Å². The molecule has 2 atom stereocenters. The molecule has 1 aromatic rings. The standard InChI is InChI=1S/C11H19N3O3S2/c1-4-12-11-7-10(5-6-13-11)19(16,17)14-8-9(2)18(3)15/h5-7,9,14H,4,8H2,1-3H3,(H,12,13).